The third kappa shape index (κ3) is 2.01. The maximum atomic E-state index is 10.9. The highest BCUT2D eigenvalue weighted by molar-refractivity contribution is 6.05. The Morgan fingerprint density at radius 2 is 1.59 bits per heavy atom. The quantitative estimate of drug-likeness (QED) is 0.690. The lowest BCUT2D eigenvalue weighted by atomic mass is 9.94. The average Bonchev–Trinajstić information content (AvgIpc) is 2.76. The number of hydrogen-bond acceptors (Lipinski definition) is 2. The van der Waals surface area contributed by atoms with Gasteiger partial charge >= 0.3 is 0 Å². The smallest absolute Gasteiger partial charge is 0.285 e. The summed E-state index contributed by atoms with van der Waals surface area (Å²) in [4.78, 5) is 0. The van der Waals surface area contributed by atoms with E-state index in [4.69, 9.17) is 4.74 Å². The van der Waals surface area contributed by atoms with E-state index >= 15 is 0 Å². The van der Waals surface area contributed by atoms with Crippen LogP contribution in [-0.4, -0.2) is 27.7 Å². The molecule has 1 N–H and O–H groups in total. The summed E-state index contributed by atoms with van der Waals surface area (Å²) in [7, 11) is 0. The fraction of sp³-hybridized carbons (Fsp3) is 0.278. The highest BCUT2D eigenvalue weighted by Crippen LogP contribution is 2.39. The highest BCUT2D eigenvalue weighted by Gasteiger charge is 2.48. The van der Waals surface area contributed by atoms with Gasteiger partial charge in [0.2, 0.25) is 5.71 Å². The number of halogens is 1. The number of ether oxygens (including phenoxy) is 1. The molecule has 3 nitrogen and oxygen atoms in total. The van der Waals surface area contributed by atoms with Crippen LogP contribution in [0.2, 0.25) is 0 Å². The van der Waals surface area contributed by atoms with Crippen molar-refractivity contribution >= 4 is 5.71 Å². The number of fused-ring (bicyclic) bond motifs is 4. The molecule has 4 rings (SSSR count). The van der Waals surface area contributed by atoms with Gasteiger partial charge in [-0.25, -0.2) is 0 Å². The van der Waals surface area contributed by atoms with Gasteiger partial charge in [-0.3, -0.25) is 0 Å². The van der Waals surface area contributed by atoms with Gasteiger partial charge in [-0.2, -0.15) is 4.58 Å². The lowest BCUT2D eigenvalue weighted by Gasteiger charge is -2.20. The lowest BCUT2D eigenvalue weighted by molar-refractivity contribution is -0.701. The Morgan fingerprint density at radius 1 is 1.00 bits per heavy atom. The third-order valence-electron chi connectivity index (χ3n) is 4.44. The summed E-state index contributed by atoms with van der Waals surface area (Å²) in [5.41, 5.74) is 4.87. The van der Waals surface area contributed by atoms with Gasteiger partial charge in [-0.1, -0.05) is 36.4 Å². The van der Waals surface area contributed by atoms with Gasteiger partial charge < -0.3 is 22.3 Å². The summed E-state index contributed by atoms with van der Waals surface area (Å²) in [6.07, 6.45) is -0.693. The van der Waals surface area contributed by atoms with E-state index in [0.717, 1.165) is 28.0 Å². The zero-order valence-electron chi connectivity index (χ0n) is 12.6. The molecule has 2 heterocycles. The molecular formula is C18H18ClNO2. The summed E-state index contributed by atoms with van der Waals surface area (Å²) in [6, 6.07) is 16.4. The van der Waals surface area contributed by atoms with Crippen LogP contribution in [0.4, 0.5) is 0 Å². The first-order valence-corrected chi connectivity index (χ1v) is 7.25. The topological polar surface area (TPSA) is 32.5 Å². The summed E-state index contributed by atoms with van der Waals surface area (Å²) in [6.45, 7) is 4.52. The van der Waals surface area contributed by atoms with Crippen molar-refractivity contribution in [2.24, 2.45) is 0 Å². The maximum absolute atomic E-state index is 10.9. The maximum Gasteiger partial charge on any atom is 0.285 e. The van der Waals surface area contributed by atoms with Crippen molar-refractivity contribution in [3.63, 3.8) is 0 Å². The van der Waals surface area contributed by atoms with Crippen molar-refractivity contribution in [3.05, 3.63) is 59.7 Å². The lowest BCUT2D eigenvalue weighted by Crippen LogP contribution is -3.00. The van der Waals surface area contributed by atoms with Crippen LogP contribution in [0.5, 0.6) is 0 Å². The number of aliphatic hydroxyl groups is 1. The van der Waals surface area contributed by atoms with E-state index in [9.17, 15) is 5.11 Å². The fourth-order valence-corrected chi connectivity index (χ4v) is 3.43. The van der Waals surface area contributed by atoms with Crippen LogP contribution in [0.3, 0.4) is 0 Å². The van der Waals surface area contributed by atoms with Gasteiger partial charge in [0, 0.05) is 13.8 Å². The molecule has 2 aliphatic rings. The predicted molar refractivity (Wildman–Crippen MR) is 81.2 cm³/mol. The Kier molecular flexibility index (Phi) is 3.60. The molecule has 0 bridgehead atoms. The molecule has 0 spiro atoms. The van der Waals surface area contributed by atoms with E-state index in [-0.39, 0.29) is 12.4 Å². The molecule has 0 saturated carbocycles. The zero-order valence-corrected chi connectivity index (χ0v) is 13.3. The SMILES string of the molecule is CC1(C)OCC2=[N+]1C(O)c1ccccc1-c1ccccc12.[Cl-]. The molecule has 0 amide bonds. The van der Waals surface area contributed by atoms with E-state index in [2.05, 4.69) is 18.2 Å². The molecule has 114 valence electrons. The number of aliphatic hydroxyl groups excluding tert-OH is 1. The summed E-state index contributed by atoms with van der Waals surface area (Å²) in [5, 5.41) is 10.9. The van der Waals surface area contributed by atoms with Crippen LogP contribution in [0.1, 0.15) is 31.2 Å². The van der Waals surface area contributed by atoms with Gasteiger partial charge in [0.05, 0.1) is 11.1 Å². The molecule has 0 radical (unpaired) electrons. The van der Waals surface area contributed by atoms with Crippen molar-refractivity contribution < 1.29 is 26.8 Å². The number of hydrogen-bond donors (Lipinski definition) is 1. The zero-order chi connectivity index (χ0) is 14.6. The summed E-state index contributed by atoms with van der Waals surface area (Å²) < 4.78 is 7.91. The van der Waals surface area contributed by atoms with Gasteiger partial charge in [0.25, 0.3) is 12.0 Å². The second kappa shape index (κ2) is 5.20. The number of benzene rings is 2. The van der Waals surface area contributed by atoms with E-state index in [0.29, 0.717) is 6.61 Å². The molecule has 0 fully saturated rings. The van der Waals surface area contributed by atoms with E-state index < -0.39 is 12.0 Å². The molecule has 2 aromatic carbocycles. The Morgan fingerprint density at radius 3 is 2.32 bits per heavy atom. The fourth-order valence-electron chi connectivity index (χ4n) is 3.43. The van der Waals surface area contributed by atoms with Gasteiger partial charge in [-0.05, 0) is 23.3 Å². The first kappa shape index (κ1) is 15.2. The monoisotopic (exact) mass is 315 g/mol. The standard InChI is InChI=1S/C18H18NO2.ClH/c1-18(2)19-16(11-21-18)14-9-5-3-7-12(14)13-8-4-6-10-15(13)17(19)20;/h3-10,17,20H,11H2,1-2H3;1H/q+1;/p-1. The minimum atomic E-state index is -0.693. The van der Waals surface area contributed by atoms with Crippen molar-refractivity contribution in [1.29, 1.82) is 0 Å². The molecule has 0 aliphatic carbocycles. The minimum absolute atomic E-state index is 0. The van der Waals surface area contributed by atoms with Crippen LogP contribution in [0.15, 0.2) is 48.5 Å². The molecule has 2 aromatic rings. The Labute approximate surface area is 136 Å². The Balaban J connectivity index is 0.00000144. The van der Waals surface area contributed by atoms with Crippen LogP contribution in [-0.2, 0) is 4.74 Å². The molecule has 22 heavy (non-hydrogen) atoms. The van der Waals surface area contributed by atoms with Gasteiger partial charge in [0.1, 0.15) is 6.61 Å². The molecular weight excluding hydrogens is 298 g/mol. The normalized spacial score (nSPS) is 21.3. The first-order chi connectivity index (χ1) is 10.1. The summed E-state index contributed by atoms with van der Waals surface area (Å²) >= 11 is 0. The van der Waals surface area contributed by atoms with Crippen molar-refractivity contribution in [3.8, 4) is 11.1 Å². The highest BCUT2D eigenvalue weighted by atomic mass is 35.5. The first-order valence-electron chi connectivity index (χ1n) is 7.25. The van der Waals surface area contributed by atoms with Crippen molar-refractivity contribution in [2.75, 3.05) is 6.61 Å². The van der Waals surface area contributed by atoms with Crippen LogP contribution >= 0.6 is 0 Å². The molecule has 2 aliphatic heterocycles. The Hall–Kier alpha value is -1.68. The Bertz CT molecular complexity index is 767. The van der Waals surface area contributed by atoms with Crippen LogP contribution in [0.25, 0.3) is 11.1 Å². The van der Waals surface area contributed by atoms with E-state index in [1.165, 1.54) is 0 Å². The van der Waals surface area contributed by atoms with Crippen LogP contribution in [0, 0.1) is 0 Å². The minimum Gasteiger partial charge on any atom is -1.00 e. The number of nitrogens with zero attached hydrogens (tertiary/aromatic N) is 1. The summed E-state index contributed by atoms with van der Waals surface area (Å²) in [5.74, 6) is 0. The van der Waals surface area contributed by atoms with Crippen molar-refractivity contribution in [1.82, 2.24) is 0 Å². The van der Waals surface area contributed by atoms with E-state index in [1.807, 2.05) is 48.8 Å². The molecule has 0 saturated heterocycles. The molecule has 1 unspecified atom stereocenters. The molecule has 1 atom stereocenters. The number of rotatable bonds is 0. The van der Waals surface area contributed by atoms with Gasteiger partial charge in [0.15, 0.2) is 0 Å². The van der Waals surface area contributed by atoms with Crippen molar-refractivity contribution in [2.45, 2.75) is 25.8 Å². The average molecular weight is 316 g/mol. The molecule has 4 heteroatoms. The van der Waals surface area contributed by atoms with Gasteiger partial charge in [-0.15, -0.1) is 0 Å². The predicted octanol–water partition coefficient (Wildman–Crippen LogP) is -0.0700. The van der Waals surface area contributed by atoms with Crippen LogP contribution < -0.4 is 12.4 Å². The second-order valence-corrected chi connectivity index (χ2v) is 6.06. The third-order valence-corrected chi connectivity index (χ3v) is 4.44. The van der Waals surface area contributed by atoms with E-state index in [1.54, 1.807) is 0 Å². The largest absolute Gasteiger partial charge is 1.00 e. The molecule has 0 aromatic heterocycles. The second-order valence-electron chi connectivity index (χ2n) is 6.06.